The average molecular weight is 267 g/mol. The number of rotatable bonds is 3. The molecule has 2 aliphatic rings. The molecule has 0 aromatic heterocycles. The second-order valence-corrected chi connectivity index (χ2v) is 4.78. The first-order valence-electron chi connectivity index (χ1n) is 6.36. The van der Waals surface area contributed by atoms with Crippen LogP contribution in [0.5, 0.6) is 0 Å². The van der Waals surface area contributed by atoms with Crippen LogP contribution in [0.2, 0.25) is 0 Å². The van der Waals surface area contributed by atoms with Crippen LogP contribution in [-0.4, -0.2) is 59.1 Å². The minimum Gasteiger partial charge on any atom is -0.294 e. The van der Waals surface area contributed by atoms with Gasteiger partial charge in [-0.05, 0) is 13.3 Å². The van der Waals surface area contributed by atoms with Crippen molar-refractivity contribution in [2.24, 2.45) is 0 Å². The summed E-state index contributed by atoms with van der Waals surface area (Å²) in [5, 5.41) is 2.91. The van der Waals surface area contributed by atoms with Crippen LogP contribution in [0, 0.1) is 0 Å². The molecule has 2 heterocycles. The van der Waals surface area contributed by atoms with Crippen LogP contribution in [0.15, 0.2) is 0 Å². The van der Waals surface area contributed by atoms with E-state index in [4.69, 9.17) is 0 Å². The van der Waals surface area contributed by atoms with Gasteiger partial charge in [-0.1, -0.05) is 0 Å². The highest BCUT2D eigenvalue weighted by atomic mass is 16.2. The molecular weight excluding hydrogens is 250 g/mol. The number of nitrogens with zero attached hydrogens (tertiary/aromatic N) is 2. The summed E-state index contributed by atoms with van der Waals surface area (Å²) in [6, 6.07) is -1.22. The van der Waals surface area contributed by atoms with E-state index >= 15 is 0 Å². The fourth-order valence-electron chi connectivity index (χ4n) is 2.46. The van der Waals surface area contributed by atoms with Gasteiger partial charge in [0.05, 0.1) is 18.5 Å². The number of likely N-dealkylation sites (tertiary alicyclic amines) is 2. The maximum absolute atomic E-state index is 11.9. The smallest absolute Gasteiger partial charge is 0.246 e. The van der Waals surface area contributed by atoms with E-state index in [1.54, 1.807) is 6.92 Å². The lowest BCUT2D eigenvalue weighted by Gasteiger charge is -2.29. The number of amides is 4. The Morgan fingerprint density at radius 2 is 1.79 bits per heavy atom. The molecule has 0 aromatic carbocycles. The second kappa shape index (κ2) is 5.08. The first-order valence-corrected chi connectivity index (χ1v) is 6.36. The first-order chi connectivity index (χ1) is 8.95. The molecule has 2 aliphatic heterocycles. The van der Waals surface area contributed by atoms with Crippen molar-refractivity contribution in [2.75, 3.05) is 13.6 Å². The fourth-order valence-corrected chi connectivity index (χ4v) is 2.46. The number of carbonyl (C=O) groups is 4. The molecule has 2 saturated heterocycles. The average Bonchev–Trinajstić information content (AvgIpc) is 2.65. The second-order valence-electron chi connectivity index (χ2n) is 4.78. The summed E-state index contributed by atoms with van der Waals surface area (Å²) >= 11 is 0. The van der Waals surface area contributed by atoms with Crippen molar-refractivity contribution in [3.05, 3.63) is 0 Å². The summed E-state index contributed by atoms with van der Waals surface area (Å²) in [6.45, 7) is 2.07. The van der Waals surface area contributed by atoms with Crippen molar-refractivity contribution in [2.45, 2.75) is 38.3 Å². The third-order valence-electron chi connectivity index (χ3n) is 3.61. The highest BCUT2D eigenvalue weighted by molar-refractivity contribution is 6.06. The van der Waals surface area contributed by atoms with E-state index in [0.717, 1.165) is 4.90 Å². The number of likely N-dealkylation sites (N-methyl/N-ethyl adjacent to an activating group) is 2. The molecule has 4 amide bonds. The van der Waals surface area contributed by atoms with E-state index in [9.17, 15) is 19.2 Å². The van der Waals surface area contributed by atoms with E-state index in [1.165, 1.54) is 11.9 Å². The van der Waals surface area contributed by atoms with E-state index in [-0.39, 0.29) is 36.5 Å². The third kappa shape index (κ3) is 2.37. The zero-order valence-corrected chi connectivity index (χ0v) is 11.0. The molecule has 0 radical (unpaired) electrons. The maximum atomic E-state index is 11.9. The van der Waals surface area contributed by atoms with Gasteiger partial charge in [0, 0.05) is 20.0 Å². The highest BCUT2D eigenvalue weighted by Crippen LogP contribution is 2.17. The van der Waals surface area contributed by atoms with Crippen LogP contribution in [-0.2, 0) is 19.2 Å². The SMILES string of the molecule is CCN1C(=O)CC(NC2CCC(=O)N(C)C2=O)C1=O. The van der Waals surface area contributed by atoms with Crippen LogP contribution in [0.3, 0.4) is 0 Å². The zero-order chi connectivity index (χ0) is 14.2. The molecular formula is C12H17N3O4. The predicted octanol–water partition coefficient (Wildman–Crippen LogP) is -1.13. The van der Waals surface area contributed by atoms with Gasteiger partial charge in [-0.3, -0.25) is 34.3 Å². The number of hydrogen-bond donors (Lipinski definition) is 1. The van der Waals surface area contributed by atoms with Crippen LogP contribution in [0.4, 0.5) is 0 Å². The largest absolute Gasteiger partial charge is 0.294 e. The molecule has 0 aromatic rings. The molecule has 1 N–H and O–H groups in total. The van der Waals surface area contributed by atoms with Crippen molar-refractivity contribution in [1.29, 1.82) is 0 Å². The molecule has 2 fully saturated rings. The van der Waals surface area contributed by atoms with Crippen molar-refractivity contribution in [3.8, 4) is 0 Å². The van der Waals surface area contributed by atoms with Gasteiger partial charge in [0.15, 0.2) is 0 Å². The summed E-state index contributed by atoms with van der Waals surface area (Å²) in [4.78, 5) is 49.0. The van der Waals surface area contributed by atoms with Crippen molar-refractivity contribution >= 4 is 23.6 Å². The highest BCUT2D eigenvalue weighted by Gasteiger charge is 2.41. The first kappa shape index (κ1) is 13.7. The minimum absolute atomic E-state index is 0.0775. The zero-order valence-electron chi connectivity index (χ0n) is 11.0. The molecule has 7 heteroatoms. The summed E-state index contributed by atoms with van der Waals surface area (Å²) in [5.74, 6) is -1.07. The quantitative estimate of drug-likeness (QED) is 0.654. The van der Waals surface area contributed by atoms with E-state index in [0.29, 0.717) is 13.0 Å². The Morgan fingerprint density at radius 1 is 1.11 bits per heavy atom. The number of hydrogen-bond acceptors (Lipinski definition) is 5. The van der Waals surface area contributed by atoms with Crippen molar-refractivity contribution < 1.29 is 19.2 Å². The number of imide groups is 2. The molecule has 0 bridgehead atoms. The molecule has 104 valence electrons. The normalized spacial score (nSPS) is 28.5. The fraction of sp³-hybridized carbons (Fsp3) is 0.667. The van der Waals surface area contributed by atoms with E-state index in [2.05, 4.69) is 5.32 Å². The van der Waals surface area contributed by atoms with Gasteiger partial charge in [-0.15, -0.1) is 0 Å². The molecule has 2 atom stereocenters. The van der Waals surface area contributed by atoms with Gasteiger partial charge in [0.25, 0.3) is 0 Å². The Bertz CT molecular complexity index is 448. The van der Waals surface area contributed by atoms with Crippen molar-refractivity contribution in [3.63, 3.8) is 0 Å². The molecule has 0 saturated carbocycles. The lowest BCUT2D eigenvalue weighted by Crippen LogP contribution is -2.55. The topological polar surface area (TPSA) is 86.8 Å². The lowest BCUT2D eigenvalue weighted by atomic mass is 10.0. The van der Waals surface area contributed by atoms with Crippen LogP contribution in [0.25, 0.3) is 0 Å². The standard InChI is InChI=1S/C12H17N3O4/c1-3-15-10(17)6-8(12(15)19)13-7-4-5-9(16)14(2)11(7)18/h7-8,13H,3-6H2,1-2H3. The van der Waals surface area contributed by atoms with Crippen LogP contribution < -0.4 is 5.32 Å². The van der Waals surface area contributed by atoms with Gasteiger partial charge in [-0.25, -0.2) is 0 Å². The number of nitrogens with one attached hydrogen (secondary N) is 1. The summed E-state index contributed by atoms with van der Waals surface area (Å²) in [7, 11) is 1.43. The Labute approximate surface area is 110 Å². The monoisotopic (exact) mass is 267 g/mol. The van der Waals surface area contributed by atoms with Gasteiger partial charge < -0.3 is 0 Å². The summed E-state index contributed by atoms with van der Waals surface area (Å²) < 4.78 is 0. The van der Waals surface area contributed by atoms with Gasteiger partial charge in [0.1, 0.15) is 0 Å². The molecule has 7 nitrogen and oxygen atoms in total. The van der Waals surface area contributed by atoms with E-state index < -0.39 is 12.1 Å². The maximum Gasteiger partial charge on any atom is 0.246 e. The predicted molar refractivity (Wildman–Crippen MR) is 64.7 cm³/mol. The van der Waals surface area contributed by atoms with Gasteiger partial charge >= 0.3 is 0 Å². The Hall–Kier alpha value is -1.76. The summed E-state index contributed by atoms with van der Waals surface area (Å²) in [5.41, 5.74) is 0. The van der Waals surface area contributed by atoms with Crippen molar-refractivity contribution in [1.82, 2.24) is 15.1 Å². The molecule has 0 spiro atoms. The van der Waals surface area contributed by atoms with E-state index in [1.807, 2.05) is 0 Å². The Morgan fingerprint density at radius 3 is 2.37 bits per heavy atom. The van der Waals surface area contributed by atoms with Gasteiger partial charge in [0.2, 0.25) is 23.6 Å². The Balaban J connectivity index is 2.03. The summed E-state index contributed by atoms with van der Waals surface area (Å²) in [6.07, 6.45) is 0.715. The van der Waals surface area contributed by atoms with Crippen LogP contribution in [0.1, 0.15) is 26.2 Å². The molecule has 2 rings (SSSR count). The van der Waals surface area contributed by atoms with Crippen LogP contribution >= 0.6 is 0 Å². The molecule has 0 aliphatic carbocycles. The number of carbonyl (C=O) groups excluding carboxylic acids is 4. The molecule has 19 heavy (non-hydrogen) atoms. The lowest BCUT2D eigenvalue weighted by molar-refractivity contribution is -0.148. The Kier molecular flexibility index (Phi) is 3.66. The minimum atomic E-state index is -0.650. The third-order valence-corrected chi connectivity index (χ3v) is 3.61. The van der Waals surface area contributed by atoms with Gasteiger partial charge in [-0.2, -0.15) is 0 Å². The number of piperidine rings is 1. The molecule has 2 unspecified atom stereocenters.